The second-order valence-corrected chi connectivity index (χ2v) is 4.88. The standard InChI is InChI=1S/C13H18BrNO4/c1-5-9(14)13(16)15-8-6-10(17-2)12(19-4)11(7-8)18-3/h6-7,9H,5H2,1-4H3,(H,15,16). The Hall–Kier alpha value is -1.43. The van der Waals surface area contributed by atoms with Gasteiger partial charge in [-0.15, -0.1) is 0 Å². The molecule has 1 rings (SSSR count). The van der Waals surface area contributed by atoms with E-state index >= 15 is 0 Å². The molecule has 0 aromatic heterocycles. The van der Waals surface area contributed by atoms with Gasteiger partial charge in [0.25, 0.3) is 0 Å². The van der Waals surface area contributed by atoms with Crippen molar-refractivity contribution in [1.82, 2.24) is 0 Å². The van der Waals surface area contributed by atoms with Crippen LogP contribution in [0.2, 0.25) is 0 Å². The number of benzene rings is 1. The first-order valence-electron chi connectivity index (χ1n) is 5.82. The molecular formula is C13H18BrNO4. The summed E-state index contributed by atoms with van der Waals surface area (Å²) in [5, 5.41) is 2.79. The lowest BCUT2D eigenvalue weighted by Gasteiger charge is -2.15. The molecule has 0 fully saturated rings. The third-order valence-electron chi connectivity index (χ3n) is 2.58. The lowest BCUT2D eigenvalue weighted by molar-refractivity contribution is -0.115. The number of alkyl halides is 1. The third kappa shape index (κ3) is 3.76. The SMILES string of the molecule is CCC(Br)C(=O)Nc1cc(OC)c(OC)c(OC)c1. The highest BCUT2D eigenvalue weighted by Crippen LogP contribution is 2.39. The minimum Gasteiger partial charge on any atom is -0.493 e. The van der Waals surface area contributed by atoms with Gasteiger partial charge in [-0.05, 0) is 6.42 Å². The topological polar surface area (TPSA) is 56.8 Å². The third-order valence-corrected chi connectivity index (χ3v) is 3.64. The van der Waals surface area contributed by atoms with Crippen molar-refractivity contribution in [3.8, 4) is 17.2 Å². The van der Waals surface area contributed by atoms with Crippen molar-refractivity contribution in [2.24, 2.45) is 0 Å². The van der Waals surface area contributed by atoms with E-state index in [9.17, 15) is 4.79 Å². The Morgan fingerprint density at radius 2 is 1.74 bits per heavy atom. The second-order valence-electron chi connectivity index (χ2n) is 3.78. The van der Waals surface area contributed by atoms with Gasteiger partial charge in [-0.2, -0.15) is 0 Å². The van der Waals surface area contributed by atoms with E-state index in [2.05, 4.69) is 21.2 Å². The number of hydrogen-bond donors (Lipinski definition) is 1. The van der Waals surface area contributed by atoms with Crippen molar-refractivity contribution in [2.45, 2.75) is 18.2 Å². The molecule has 5 nitrogen and oxygen atoms in total. The lowest BCUT2D eigenvalue weighted by atomic mass is 10.2. The fraction of sp³-hybridized carbons (Fsp3) is 0.462. The average molecular weight is 332 g/mol. The summed E-state index contributed by atoms with van der Waals surface area (Å²) in [6, 6.07) is 3.38. The van der Waals surface area contributed by atoms with E-state index in [1.54, 1.807) is 12.1 Å². The van der Waals surface area contributed by atoms with Crippen LogP contribution in [0.5, 0.6) is 17.2 Å². The number of halogens is 1. The predicted octanol–water partition coefficient (Wildman–Crippen LogP) is 2.82. The first kappa shape index (κ1) is 15.6. The minimum atomic E-state index is -0.230. The quantitative estimate of drug-likeness (QED) is 0.814. The Kier molecular flexibility index (Phi) is 5.95. The van der Waals surface area contributed by atoms with Gasteiger partial charge in [0.2, 0.25) is 11.7 Å². The highest BCUT2D eigenvalue weighted by atomic mass is 79.9. The van der Waals surface area contributed by atoms with Crippen LogP contribution in [0.1, 0.15) is 13.3 Å². The van der Waals surface area contributed by atoms with Crippen LogP contribution in [0, 0.1) is 0 Å². The van der Waals surface area contributed by atoms with Gasteiger partial charge in [-0.3, -0.25) is 4.79 Å². The van der Waals surface area contributed by atoms with Crippen LogP contribution in [-0.2, 0) is 4.79 Å². The van der Waals surface area contributed by atoms with Gasteiger partial charge in [0.05, 0.1) is 26.2 Å². The van der Waals surface area contributed by atoms with Crippen molar-refractivity contribution >= 4 is 27.5 Å². The molecule has 0 aliphatic heterocycles. The summed E-state index contributed by atoms with van der Waals surface area (Å²) >= 11 is 3.30. The number of methoxy groups -OCH3 is 3. The number of anilines is 1. The Morgan fingerprint density at radius 1 is 1.21 bits per heavy atom. The Bertz CT molecular complexity index is 425. The van der Waals surface area contributed by atoms with E-state index in [1.165, 1.54) is 21.3 Å². The number of ether oxygens (including phenoxy) is 3. The van der Waals surface area contributed by atoms with E-state index in [0.717, 1.165) is 0 Å². The molecule has 0 saturated carbocycles. The van der Waals surface area contributed by atoms with Crippen molar-refractivity contribution in [1.29, 1.82) is 0 Å². The first-order valence-corrected chi connectivity index (χ1v) is 6.73. The smallest absolute Gasteiger partial charge is 0.238 e. The molecule has 0 spiro atoms. The summed E-state index contributed by atoms with van der Waals surface area (Å²) in [5.41, 5.74) is 0.595. The minimum absolute atomic E-state index is 0.114. The molecule has 0 bridgehead atoms. The van der Waals surface area contributed by atoms with E-state index < -0.39 is 0 Å². The number of nitrogens with one attached hydrogen (secondary N) is 1. The van der Waals surface area contributed by atoms with Crippen LogP contribution in [0.3, 0.4) is 0 Å². The van der Waals surface area contributed by atoms with Gasteiger partial charge in [0, 0.05) is 17.8 Å². The summed E-state index contributed by atoms with van der Waals surface area (Å²) in [7, 11) is 4.59. The summed E-state index contributed by atoms with van der Waals surface area (Å²) in [5.74, 6) is 1.38. The zero-order valence-corrected chi connectivity index (χ0v) is 13.0. The number of amides is 1. The molecule has 1 aromatic carbocycles. The normalized spacial score (nSPS) is 11.6. The van der Waals surface area contributed by atoms with E-state index in [-0.39, 0.29) is 10.7 Å². The molecule has 0 heterocycles. The molecule has 1 N–H and O–H groups in total. The van der Waals surface area contributed by atoms with Gasteiger partial charge >= 0.3 is 0 Å². The molecule has 1 aromatic rings. The van der Waals surface area contributed by atoms with Crippen LogP contribution in [-0.4, -0.2) is 32.1 Å². The Balaban J connectivity index is 3.06. The molecule has 0 radical (unpaired) electrons. The van der Waals surface area contributed by atoms with Gasteiger partial charge in [-0.25, -0.2) is 0 Å². The van der Waals surface area contributed by atoms with Gasteiger partial charge in [0.15, 0.2) is 11.5 Å². The molecule has 1 atom stereocenters. The fourth-order valence-corrected chi connectivity index (χ4v) is 1.67. The summed E-state index contributed by atoms with van der Waals surface area (Å²) in [6.45, 7) is 1.92. The van der Waals surface area contributed by atoms with Crippen LogP contribution in [0.25, 0.3) is 0 Å². The summed E-state index contributed by atoms with van der Waals surface area (Å²) < 4.78 is 15.7. The summed E-state index contributed by atoms with van der Waals surface area (Å²) in [6.07, 6.45) is 0.705. The molecular weight excluding hydrogens is 314 g/mol. The molecule has 0 saturated heterocycles. The zero-order chi connectivity index (χ0) is 14.4. The van der Waals surface area contributed by atoms with Crippen molar-refractivity contribution in [3.05, 3.63) is 12.1 Å². The maximum Gasteiger partial charge on any atom is 0.238 e. The molecule has 19 heavy (non-hydrogen) atoms. The number of hydrogen-bond acceptors (Lipinski definition) is 4. The number of carbonyl (C=O) groups excluding carboxylic acids is 1. The maximum absolute atomic E-state index is 11.8. The van der Waals surface area contributed by atoms with E-state index in [4.69, 9.17) is 14.2 Å². The van der Waals surface area contributed by atoms with Crippen molar-refractivity contribution in [2.75, 3.05) is 26.6 Å². The van der Waals surface area contributed by atoms with E-state index in [1.807, 2.05) is 6.92 Å². The predicted molar refractivity (Wildman–Crippen MR) is 77.7 cm³/mol. The molecule has 1 amide bonds. The fourth-order valence-electron chi connectivity index (χ4n) is 1.56. The lowest BCUT2D eigenvalue weighted by Crippen LogP contribution is -2.22. The Labute approximate surface area is 121 Å². The maximum atomic E-state index is 11.8. The highest BCUT2D eigenvalue weighted by Gasteiger charge is 2.17. The van der Waals surface area contributed by atoms with Crippen LogP contribution in [0.15, 0.2) is 12.1 Å². The first-order chi connectivity index (χ1) is 9.07. The second kappa shape index (κ2) is 7.23. The Morgan fingerprint density at radius 3 is 2.11 bits per heavy atom. The molecule has 0 aliphatic rings. The largest absolute Gasteiger partial charge is 0.493 e. The average Bonchev–Trinajstić information content (AvgIpc) is 2.44. The van der Waals surface area contributed by atoms with Gasteiger partial charge in [-0.1, -0.05) is 22.9 Å². The van der Waals surface area contributed by atoms with Gasteiger partial charge in [0.1, 0.15) is 0 Å². The monoisotopic (exact) mass is 331 g/mol. The zero-order valence-electron chi connectivity index (χ0n) is 11.5. The summed E-state index contributed by atoms with van der Waals surface area (Å²) in [4.78, 5) is 11.6. The number of carbonyl (C=O) groups is 1. The van der Waals surface area contributed by atoms with Gasteiger partial charge < -0.3 is 19.5 Å². The molecule has 106 valence electrons. The van der Waals surface area contributed by atoms with Crippen LogP contribution in [0.4, 0.5) is 5.69 Å². The number of rotatable bonds is 6. The molecule has 6 heteroatoms. The van der Waals surface area contributed by atoms with Crippen LogP contribution < -0.4 is 19.5 Å². The molecule has 0 aliphatic carbocycles. The molecule has 1 unspecified atom stereocenters. The van der Waals surface area contributed by atoms with Crippen LogP contribution >= 0.6 is 15.9 Å². The van der Waals surface area contributed by atoms with Crippen molar-refractivity contribution in [3.63, 3.8) is 0 Å². The van der Waals surface area contributed by atoms with E-state index in [0.29, 0.717) is 29.4 Å². The van der Waals surface area contributed by atoms with Crippen molar-refractivity contribution < 1.29 is 19.0 Å². The highest BCUT2D eigenvalue weighted by molar-refractivity contribution is 9.10.